The van der Waals surface area contributed by atoms with E-state index in [1.807, 2.05) is 20.8 Å². The Morgan fingerprint density at radius 2 is 1.68 bits per heavy atom. The van der Waals surface area contributed by atoms with Gasteiger partial charge in [0.25, 0.3) is 5.91 Å². The Morgan fingerprint density at radius 1 is 1.14 bits per heavy atom. The predicted octanol–water partition coefficient (Wildman–Crippen LogP) is 4.40. The lowest BCUT2D eigenvalue weighted by Crippen LogP contribution is -2.38. The third-order valence-corrected chi connectivity index (χ3v) is 6.25. The molecule has 0 bridgehead atoms. The van der Waals surface area contributed by atoms with E-state index in [9.17, 15) is 13.2 Å². The fourth-order valence-corrected chi connectivity index (χ4v) is 3.63. The molecule has 0 spiro atoms. The number of sulfone groups is 1. The van der Waals surface area contributed by atoms with E-state index in [2.05, 4.69) is 5.32 Å². The molecule has 5 nitrogen and oxygen atoms in total. The number of carbonyl (C=O) groups is 1. The highest BCUT2D eigenvalue weighted by Crippen LogP contribution is 2.26. The van der Waals surface area contributed by atoms with Crippen molar-refractivity contribution in [2.75, 3.05) is 6.26 Å². The van der Waals surface area contributed by atoms with Gasteiger partial charge in [0.05, 0.1) is 10.9 Å². The van der Waals surface area contributed by atoms with Crippen molar-refractivity contribution < 1.29 is 17.9 Å². The Balaban J connectivity index is 2.09. The first-order chi connectivity index (χ1) is 13.0. The van der Waals surface area contributed by atoms with Gasteiger partial charge < -0.3 is 10.1 Å². The lowest BCUT2D eigenvalue weighted by molar-refractivity contribution is -0.128. The molecular formula is C21H26ClNO4S. The van der Waals surface area contributed by atoms with Crippen LogP contribution in [0, 0.1) is 13.8 Å². The van der Waals surface area contributed by atoms with Crippen LogP contribution in [0.5, 0.6) is 5.75 Å². The minimum atomic E-state index is -3.25. The number of carbonyl (C=O) groups excluding carboxylic acids is 1. The van der Waals surface area contributed by atoms with Gasteiger partial charge in [-0.2, -0.15) is 0 Å². The van der Waals surface area contributed by atoms with Crippen LogP contribution >= 0.6 is 11.6 Å². The minimum absolute atomic E-state index is 0.235. The average Bonchev–Trinajstić information content (AvgIpc) is 2.63. The second-order valence-corrected chi connectivity index (χ2v) is 9.34. The molecule has 152 valence electrons. The number of ether oxygens (including phenoxy) is 1. The van der Waals surface area contributed by atoms with Crippen LogP contribution in [0.2, 0.25) is 5.02 Å². The second-order valence-electron chi connectivity index (χ2n) is 6.94. The van der Waals surface area contributed by atoms with Gasteiger partial charge in [-0.1, -0.05) is 30.7 Å². The van der Waals surface area contributed by atoms with Gasteiger partial charge in [0, 0.05) is 11.3 Å². The van der Waals surface area contributed by atoms with E-state index >= 15 is 0 Å². The van der Waals surface area contributed by atoms with E-state index in [4.69, 9.17) is 16.3 Å². The molecule has 0 fully saturated rings. The van der Waals surface area contributed by atoms with E-state index < -0.39 is 15.9 Å². The first-order valence-corrected chi connectivity index (χ1v) is 11.3. The van der Waals surface area contributed by atoms with Crippen LogP contribution in [0.25, 0.3) is 0 Å². The van der Waals surface area contributed by atoms with Crippen LogP contribution in [-0.4, -0.2) is 26.7 Å². The van der Waals surface area contributed by atoms with Crippen molar-refractivity contribution in [1.82, 2.24) is 5.32 Å². The smallest absolute Gasteiger partial charge is 0.261 e. The zero-order chi connectivity index (χ0) is 21.1. The van der Waals surface area contributed by atoms with E-state index in [1.165, 1.54) is 6.26 Å². The minimum Gasteiger partial charge on any atom is -0.481 e. The molecule has 0 aliphatic heterocycles. The molecule has 2 atom stereocenters. The fraction of sp³-hybridized carbons (Fsp3) is 0.381. The lowest BCUT2D eigenvalue weighted by atomic mass is 10.0. The molecule has 2 aromatic carbocycles. The summed E-state index contributed by atoms with van der Waals surface area (Å²) < 4.78 is 29.0. The highest BCUT2D eigenvalue weighted by atomic mass is 35.5. The molecule has 0 saturated carbocycles. The SMILES string of the molecule is CC[C@H](NC(=O)[C@H](C)Oc1cc(C)c(Cl)c(C)c1)c1ccc(S(C)(=O)=O)cc1. The molecule has 0 radical (unpaired) electrons. The topological polar surface area (TPSA) is 72.5 Å². The largest absolute Gasteiger partial charge is 0.481 e. The summed E-state index contributed by atoms with van der Waals surface area (Å²) in [6, 6.07) is 9.93. The molecule has 0 aliphatic carbocycles. The normalized spacial score (nSPS) is 13.6. The monoisotopic (exact) mass is 423 g/mol. The van der Waals surface area contributed by atoms with Gasteiger partial charge in [0.15, 0.2) is 15.9 Å². The number of rotatable bonds is 7. The Bertz CT molecular complexity index is 932. The van der Waals surface area contributed by atoms with Crippen molar-refractivity contribution in [1.29, 1.82) is 0 Å². The highest BCUT2D eigenvalue weighted by molar-refractivity contribution is 7.90. The van der Waals surface area contributed by atoms with Crippen molar-refractivity contribution in [3.8, 4) is 5.75 Å². The molecule has 0 saturated heterocycles. The van der Waals surface area contributed by atoms with Gasteiger partial charge in [-0.05, 0) is 68.1 Å². The zero-order valence-electron chi connectivity index (χ0n) is 16.7. The van der Waals surface area contributed by atoms with Gasteiger partial charge in [-0.15, -0.1) is 0 Å². The van der Waals surface area contributed by atoms with Gasteiger partial charge >= 0.3 is 0 Å². The molecule has 28 heavy (non-hydrogen) atoms. The fourth-order valence-electron chi connectivity index (χ4n) is 2.89. The third kappa shape index (κ3) is 5.49. The van der Waals surface area contributed by atoms with Gasteiger partial charge in [-0.3, -0.25) is 4.79 Å². The summed E-state index contributed by atoms with van der Waals surface area (Å²) >= 11 is 6.17. The summed E-state index contributed by atoms with van der Waals surface area (Å²) in [5.41, 5.74) is 2.62. The predicted molar refractivity (Wildman–Crippen MR) is 112 cm³/mol. The summed E-state index contributed by atoms with van der Waals surface area (Å²) in [6.45, 7) is 7.42. The second kappa shape index (κ2) is 8.97. The summed E-state index contributed by atoms with van der Waals surface area (Å²) in [6.07, 6.45) is 1.14. The standard InChI is InChI=1S/C21H26ClNO4S/c1-6-19(16-7-9-18(10-8-16)28(5,25)26)23-21(24)15(4)27-17-11-13(2)20(22)14(3)12-17/h7-12,15,19H,6H2,1-5H3,(H,23,24)/t15-,19-/m0/s1. The summed E-state index contributed by atoms with van der Waals surface area (Å²) in [4.78, 5) is 12.8. The maximum absolute atomic E-state index is 12.6. The maximum Gasteiger partial charge on any atom is 0.261 e. The number of nitrogens with one attached hydrogen (secondary N) is 1. The van der Waals surface area contributed by atoms with Crippen LogP contribution in [0.4, 0.5) is 0 Å². The van der Waals surface area contributed by atoms with Crippen molar-refractivity contribution in [3.63, 3.8) is 0 Å². The van der Waals surface area contributed by atoms with Gasteiger partial charge in [0.2, 0.25) is 0 Å². The highest BCUT2D eigenvalue weighted by Gasteiger charge is 2.20. The maximum atomic E-state index is 12.6. The number of hydrogen-bond acceptors (Lipinski definition) is 4. The zero-order valence-corrected chi connectivity index (χ0v) is 18.3. The van der Waals surface area contributed by atoms with Crippen molar-refractivity contribution in [2.24, 2.45) is 0 Å². The Kier molecular flexibility index (Phi) is 7.12. The average molecular weight is 424 g/mol. The van der Waals surface area contributed by atoms with E-state index in [0.717, 1.165) is 16.7 Å². The number of hydrogen-bond donors (Lipinski definition) is 1. The number of benzene rings is 2. The molecule has 0 heterocycles. The molecule has 2 aromatic rings. The molecular weight excluding hydrogens is 398 g/mol. The van der Waals surface area contributed by atoms with Gasteiger partial charge in [0.1, 0.15) is 5.75 Å². The van der Waals surface area contributed by atoms with E-state index in [1.54, 1.807) is 43.3 Å². The summed E-state index contributed by atoms with van der Waals surface area (Å²) in [5, 5.41) is 3.65. The Hall–Kier alpha value is -2.05. The molecule has 7 heteroatoms. The third-order valence-electron chi connectivity index (χ3n) is 4.53. The van der Waals surface area contributed by atoms with E-state index in [0.29, 0.717) is 17.2 Å². The van der Waals surface area contributed by atoms with Crippen LogP contribution < -0.4 is 10.1 Å². The summed E-state index contributed by atoms with van der Waals surface area (Å²) in [5.74, 6) is 0.344. The lowest BCUT2D eigenvalue weighted by Gasteiger charge is -2.21. The number of halogens is 1. The van der Waals surface area contributed by atoms with Crippen molar-refractivity contribution >= 4 is 27.3 Å². The first kappa shape index (κ1) is 22.2. The molecule has 2 rings (SSSR count). The molecule has 0 aliphatic rings. The Morgan fingerprint density at radius 3 is 2.14 bits per heavy atom. The van der Waals surface area contributed by atoms with Crippen molar-refractivity contribution in [2.45, 2.75) is 51.2 Å². The van der Waals surface area contributed by atoms with Gasteiger partial charge in [-0.25, -0.2) is 8.42 Å². The molecule has 1 N–H and O–H groups in total. The molecule has 0 aromatic heterocycles. The molecule has 0 unspecified atom stereocenters. The van der Waals surface area contributed by atoms with Crippen LogP contribution in [0.1, 0.15) is 43.0 Å². The van der Waals surface area contributed by atoms with Crippen LogP contribution in [-0.2, 0) is 14.6 Å². The molecule has 1 amide bonds. The number of aryl methyl sites for hydroxylation is 2. The van der Waals surface area contributed by atoms with E-state index in [-0.39, 0.29) is 16.8 Å². The number of amides is 1. The quantitative estimate of drug-likeness (QED) is 0.716. The Labute approximate surface area is 172 Å². The first-order valence-electron chi connectivity index (χ1n) is 9.06. The van der Waals surface area contributed by atoms with Crippen LogP contribution in [0.3, 0.4) is 0 Å². The summed E-state index contributed by atoms with van der Waals surface area (Å²) in [7, 11) is -3.25. The van der Waals surface area contributed by atoms with Crippen LogP contribution in [0.15, 0.2) is 41.3 Å². The van der Waals surface area contributed by atoms with Crippen molar-refractivity contribution in [3.05, 3.63) is 58.1 Å².